The van der Waals surface area contributed by atoms with Crippen molar-refractivity contribution in [1.82, 2.24) is 9.97 Å². The number of hydrogen-bond acceptors (Lipinski definition) is 6. The van der Waals surface area contributed by atoms with Gasteiger partial charge in [-0.15, -0.1) is 0 Å². The second-order valence-corrected chi connectivity index (χ2v) is 8.99. The molecule has 2 heterocycles. The Balaban J connectivity index is 1.62. The van der Waals surface area contributed by atoms with Gasteiger partial charge in [0.05, 0.1) is 18.3 Å². The average Bonchev–Trinajstić information content (AvgIpc) is 2.72. The number of halogens is 3. The van der Waals surface area contributed by atoms with Crippen LogP contribution in [0.1, 0.15) is 45.3 Å². The van der Waals surface area contributed by atoms with Crippen LogP contribution in [0.3, 0.4) is 0 Å². The Hall–Kier alpha value is -3.04. The molecule has 3 rings (SSSR count). The zero-order valence-electron chi connectivity index (χ0n) is 18.3. The Morgan fingerprint density at radius 2 is 1.75 bits per heavy atom. The monoisotopic (exact) mass is 451 g/mol. The molecule has 1 atom stereocenters. The molecule has 1 amide bonds. The second-order valence-electron chi connectivity index (χ2n) is 8.99. The van der Waals surface area contributed by atoms with Crippen LogP contribution in [-0.4, -0.2) is 35.3 Å². The summed E-state index contributed by atoms with van der Waals surface area (Å²) in [4.78, 5) is 21.8. The summed E-state index contributed by atoms with van der Waals surface area (Å²) in [5.41, 5.74) is 6.44. The quantitative estimate of drug-likeness (QED) is 0.651. The lowest BCUT2D eigenvalue weighted by molar-refractivity contribution is -0.179. The summed E-state index contributed by atoms with van der Waals surface area (Å²) in [5.74, 6) is -0.183. The molecule has 2 aromatic rings. The lowest BCUT2D eigenvalue weighted by Gasteiger charge is -2.33. The number of ether oxygens (including phenoxy) is 1. The van der Waals surface area contributed by atoms with Crippen LogP contribution in [0.5, 0.6) is 0 Å². The van der Waals surface area contributed by atoms with Gasteiger partial charge >= 0.3 is 12.3 Å². The fourth-order valence-corrected chi connectivity index (χ4v) is 3.74. The molecule has 0 saturated carbocycles. The van der Waals surface area contributed by atoms with Crippen LogP contribution in [0.2, 0.25) is 0 Å². The molecule has 0 radical (unpaired) electrons. The van der Waals surface area contributed by atoms with Crippen molar-refractivity contribution in [3.05, 3.63) is 42.2 Å². The van der Waals surface area contributed by atoms with Crippen LogP contribution < -0.4 is 16.0 Å². The van der Waals surface area contributed by atoms with Crippen molar-refractivity contribution >= 4 is 23.4 Å². The minimum atomic E-state index is -4.14. The topological polar surface area (TPSA) is 93.4 Å². The zero-order valence-corrected chi connectivity index (χ0v) is 18.3. The number of aromatic nitrogens is 2. The van der Waals surface area contributed by atoms with E-state index in [9.17, 15) is 18.0 Å². The molecule has 174 valence electrons. The number of amides is 1. The van der Waals surface area contributed by atoms with Gasteiger partial charge in [-0.1, -0.05) is 32.9 Å². The molecule has 10 heteroatoms. The van der Waals surface area contributed by atoms with Crippen molar-refractivity contribution in [2.75, 3.05) is 23.3 Å². The van der Waals surface area contributed by atoms with Gasteiger partial charge in [-0.25, -0.2) is 14.8 Å². The molecule has 7 nitrogen and oxygen atoms in total. The molecule has 1 aliphatic rings. The number of benzene rings is 1. The van der Waals surface area contributed by atoms with Crippen molar-refractivity contribution in [2.45, 2.75) is 45.9 Å². The molecule has 1 unspecified atom stereocenters. The van der Waals surface area contributed by atoms with Crippen LogP contribution >= 0.6 is 0 Å². The molecular formula is C22H28F3N5O2. The normalized spacial score (nSPS) is 16.5. The molecule has 0 aliphatic carbocycles. The maximum absolute atomic E-state index is 12.8. The highest BCUT2D eigenvalue weighted by molar-refractivity contribution is 5.65. The molecule has 0 bridgehead atoms. The van der Waals surface area contributed by atoms with Crippen molar-refractivity contribution in [3.8, 4) is 0 Å². The molecular weight excluding hydrogens is 423 g/mol. The second kappa shape index (κ2) is 9.22. The van der Waals surface area contributed by atoms with Crippen LogP contribution in [0, 0.1) is 11.3 Å². The smallest absolute Gasteiger partial charge is 0.405 e. The number of nitrogens with two attached hydrogens (primary N) is 1. The van der Waals surface area contributed by atoms with Gasteiger partial charge in [-0.3, -0.25) is 0 Å². The summed E-state index contributed by atoms with van der Waals surface area (Å²) in [6, 6.07) is 7.34. The highest BCUT2D eigenvalue weighted by Crippen LogP contribution is 2.37. The Labute approximate surface area is 185 Å². The SMILES string of the molecule is CC(C)(C)C(OC(N)=O)c1ccc(Nc2cnc(N3CCC(C(F)(F)F)CC3)cn2)cc1. The zero-order chi connectivity index (χ0) is 23.5. The Morgan fingerprint density at radius 3 is 2.22 bits per heavy atom. The molecule has 1 aliphatic heterocycles. The lowest BCUT2D eigenvalue weighted by Crippen LogP contribution is -2.39. The molecule has 1 saturated heterocycles. The minimum absolute atomic E-state index is 0.0621. The van der Waals surface area contributed by atoms with Crippen LogP contribution in [0.25, 0.3) is 0 Å². The van der Waals surface area contributed by atoms with E-state index in [4.69, 9.17) is 10.5 Å². The molecule has 3 N–H and O–H groups in total. The van der Waals surface area contributed by atoms with E-state index in [-0.39, 0.29) is 18.3 Å². The van der Waals surface area contributed by atoms with Crippen LogP contribution in [0.4, 0.5) is 35.3 Å². The van der Waals surface area contributed by atoms with E-state index in [1.165, 1.54) is 0 Å². The van der Waals surface area contributed by atoms with Crippen LogP contribution in [-0.2, 0) is 4.74 Å². The largest absolute Gasteiger partial charge is 0.441 e. The molecule has 1 aromatic carbocycles. The standard InChI is InChI=1S/C22H28F3N5O2/c1-21(2,3)19(32-20(26)31)14-4-6-16(7-5-14)29-17-12-28-18(13-27-17)30-10-8-15(9-11-30)22(23,24)25/h4-7,12-13,15,19H,8-11H2,1-3H3,(H2,26,31)(H,27,29). The summed E-state index contributed by atoms with van der Waals surface area (Å²) in [6.45, 7) is 6.46. The minimum Gasteiger partial charge on any atom is -0.441 e. The molecule has 1 fully saturated rings. The van der Waals surface area contributed by atoms with E-state index < -0.39 is 24.3 Å². The van der Waals surface area contributed by atoms with Crippen LogP contribution in [0.15, 0.2) is 36.7 Å². The van der Waals surface area contributed by atoms with Gasteiger partial charge in [-0.2, -0.15) is 13.2 Å². The highest BCUT2D eigenvalue weighted by Gasteiger charge is 2.41. The van der Waals surface area contributed by atoms with E-state index in [2.05, 4.69) is 15.3 Å². The number of rotatable bonds is 5. The summed E-state index contributed by atoms with van der Waals surface area (Å²) >= 11 is 0. The summed E-state index contributed by atoms with van der Waals surface area (Å²) in [5, 5.41) is 3.13. The Bertz CT molecular complexity index is 903. The van der Waals surface area contributed by atoms with E-state index in [0.717, 1.165) is 11.3 Å². The van der Waals surface area contributed by atoms with E-state index in [0.29, 0.717) is 24.7 Å². The first-order valence-corrected chi connectivity index (χ1v) is 10.4. The van der Waals surface area contributed by atoms with E-state index >= 15 is 0 Å². The predicted octanol–water partition coefficient (Wildman–Crippen LogP) is 5.18. The lowest BCUT2D eigenvalue weighted by atomic mass is 9.84. The number of carbonyl (C=O) groups is 1. The van der Waals surface area contributed by atoms with E-state index in [1.54, 1.807) is 12.4 Å². The van der Waals surface area contributed by atoms with Gasteiger partial charge in [0, 0.05) is 24.2 Å². The molecule has 1 aromatic heterocycles. The van der Waals surface area contributed by atoms with Gasteiger partial charge in [0.15, 0.2) is 0 Å². The van der Waals surface area contributed by atoms with E-state index in [1.807, 2.05) is 49.9 Å². The first-order valence-electron chi connectivity index (χ1n) is 10.4. The number of primary amides is 1. The number of nitrogens with zero attached hydrogens (tertiary/aromatic N) is 3. The molecule has 32 heavy (non-hydrogen) atoms. The van der Waals surface area contributed by atoms with Gasteiger partial charge < -0.3 is 20.7 Å². The summed E-state index contributed by atoms with van der Waals surface area (Å²) in [6.07, 6.45) is -2.23. The van der Waals surface area contributed by atoms with Crippen molar-refractivity contribution in [2.24, 2.45) is 17.1 Å². The number of alkyl halides is 3. The first kappa shape index (κ1) is 23.6. The number of carbonyl (C=O) groups excluding carboxylic acids is 1. The maximum atomic E-state index is 12.8. The fourth-order valence-electron chi connectivity index (χ4n) is 3.74. The number of anilines is 3. The third-order valence-corrected chi connectivity index (χ3v) is 5.43. The third kappa shape index (κ3) is 6.02. The average molecular weight is 451 g/mol. The number of piperidine rings is 1. The number of nitrogens with one attached hydrogen (secondary N) is 1. The third-order valence-electron chi connectivity index (χ3n) is 5.43. The molecule has 0 spiro atoms. The van der Waals surface area contributed by atoms with Gasteiger partial charge in [0.2, 0.25) is 0 Å². The Kier molecular flexibility index (Phi) is 6.80. The predicted molar refractivity (Wildman–Crippen MR) is 116 cm³/mol. The number of hydrogen-bond donors (Lipinski definition) is 2. The summed E-state index contributed by atoms with van der Waals surface area (Å²) in [7, 11) is 0. The van der Waals surface area contributed by atoms with Gasteiger partial charge in [0.1, 0.15) is 17.7 Å². The Morgan fingerprint density at radius 1 is 1.12 bits per heavy atom. The summed E-state index contributed by atoms with van der Waals surface area (Å²) < 4.78 is 43.8. The maximum Gasteiger partial charge on any atom is 0.405 e. The first-order chi connectivity index (χ1) is 14.9. The highest BCUT2D eigenvalue weighted by atomic mass is 19.4. The van der Waals surface area contributed by atoms with Gasteiger partial charge in [0.25, 0.3) is 0 Å². The van der Waals surface area contributed by atoms with Gasteiger partial charge in [-0.05, 0) is 30.5 Å². The van der Waals surface area contributed by atoms with Crippen molar-refractivity contribution in [1.29, 1.82) is 0 Å². The fraction of sp³-hybridized carbons (Fsp3) is 0.500. The van der Waals surface area contributed by atoms with Crippen molar-refractivity contribution in [3.63, 3.8) is 0 Å². The van der Waals surface area contributed by atoms with Crippen molar-refractivity contribution < 1.29 is 22.7 Å².